The third-order valence-corrected chi connectivity index (χ3v) is 0.907. The fourth-order valence-electron chi connectivity index (χ4n) is 0.0645. The quantitative estimate of drug-likeness (QED) is 0.241. The van der Waals surface area contributed by atoms with Crippen LogP contribution in [0.5, 0.6) is 0 Å². The summed E-state index contributed by atoms with van der Waals surface area (Å²) in [5.74, 6) is -0.397. The van der Waals surface area contributed by atoms with Crippen molar-refractivity contribution in [1.29, 1.82) is 0 Å². The van der Waals surface area contributed by atoms with Crippen molar-refractivity contribution in [3.05, 3.63) is 0 Å². The van der Waals surface area contributed by atoms with Crippen molar-refractivity contribution in [1.82, 2.24) is 0 Å². The van der Waals surface area contributed by atoms with Crippen LogP contribution in [0.4, 0.5) is 0 Å². The van der Waals surface area contributed by atoms with Crippen molar-refractivity contribution < 1.29 is 17.2 Å². The summed E-state index contributed by atoms with van der Waals surface area (Å²) in [6.45, 7) is 0. The van der Waals surface area contributed by atoms with Gasteiger partial charge in [-0.1, -0.05) is 0 Å². The van der Waals surface area contributed by atoms with E-state index in [2.05, 4.69) is 16.8 Å². The number of rotatable bonds is 2. The van der Waals surface area contributed by atoms with Crippen LogP contribution in [0.2, 0.25) is 0 Å². The van der Waals surface area contributed by atoms with E-state index >= 15 is 0 Å². The molecule has 0 heterocycles. The van der Waals surface area contributed by atoms with Gasteiger partial charge < -0.3 is 4.55 Å². The molecule has 0 aromatic carbocycles. The van der Waals surface area contributed by atoms with Crippen LogP contribution in [0.1, 0.15) is 0 Å². The van der Waals surface area contributed by atoms with Gasteiger partial charge >= 0.3 is 0 Å². The third-order valence-electron chi connectivity index (χ3n) is 0.197. The van der Waals surface area contributed by atoms with Crippen LogP contribution in [-0.2, 0) is 14.6 Å². The highest BCUT2D eigenvalue weighted by atomic mass is 32.3. The molecule has 4 nitrogen and oxygen atoms in total. The molecule has 0 N–H and O–H groups in total. The third kappa shape index (κ3) is 6.22. The zero-order valence-corrected chi connectivity index (χ0v) is 4.91. The molecule has 0 aromatic rings. The molecule has 0 radical (unpaired) electrons. The summed E-state index contributed by atoms with van der Waals surface area (Å²) in [7, 11) is -4.50. The maximum absolute atomic E-state index is 9.40. The minimum Gasteiger partial charge on any atom is -0.725 e. The van der Waals surface area contributed by atoms with Crippen LogP contribution >= 0.6 is 12.6 Å². The van der Waals surface area contributed by atoms with Crippen LogP contribution in [0.25, 0.3) is 0 Å². The number of hydrogen-bond donors (Lipinski definition) is 1. The fourth-order valence-corrected chi connectivity index (χ4v) is 0.581. The monoisotopic (exact) mass is 143 g/mol. The molecule has 6 heteroatoms. The lowest BCUT2D eigenvalue weighted by atomic mass is 11.7. The molecule has 0 unspecified atom stereocenters. The fraction of sp³-hybridized carbons (Fsp3) is 1.00. The lowest BCUT2D eigenvalue weighted by Gasteiger charge is -2.01. The molecule has 0 spiro atoms. The second-order valence-corrected chi connectivity index (χ2v) is 1.97. The average molecular weight is 143 g/mol. The van der Waals surface area contributed by atoms with Gasteiger partial charge in [0.05, 0.1) is 0 Å². The Bertz CT molecular complexity index is 123. The van der Waals surface area contributed by atoms with Gasteiger partial charge in [-0.25, -0.2) is 8.42 Å². The molecule has 0 saturated heterocycles. The highest BCUT2D eigenvalue weighted by Crippen LogP contribution is 1.84. The molecule has 0 saturated carbocycles. The molecule has 0 atom stereocenters. The lowest BCUT2D eigenvalue weighted by molar-refractivity contribution is 0.304. The Labute approximate surface area is 46.8 Å². The van der Waals surface area contributed by atoms with Gasteiger partial charge in [-0.2, -0.15) is 0 Å². The Morgan fingerprint density at radius 3 is 2.14 bits per heavy atom. The van der Waals surface area contributed by atoms with E-state index in [1.165, 1.54) is 0 Å². The molecule has 0 aliphatic rings. The Kier molecular flexibility index (Phi) is 2.59. The Morgan fingerprint density at radius 1 is 1.71 bits per heavy atom. The molecule has 0 aromatic heterocycles. The summed E-state index contributed by atoms with van der Waals surface area (Å²) >= 11 is 3.31. The van der Waals surface area contributed by atoms with Crippen molar-refractivity contribution in [2.75, 3.05) is 5.94 Å². The first kappa shape index (κ1) is 7.22. The topological polar surface area (TPSA) is 66.4 Å². The van der Waals surface area contributed by atoms with Gasteiger partial charge in [0.25, 0.3) is 0 Å². The van der Waals surface area contributed by atoms with Gasteiger partial charge in [-0.3, -0.25) is 4.18 Å². The molecule has 0 amide bonds. The van der Waals surface area contributed by atoms with E-state index in [1.54, 1.807) is 0 Å². The van der Waals surface area contributed by atoms with Gasteiger partial charge in [-0.15, -0.1) is 12.6 Å². The standard InChI is InChI=1S/CH4O4S2/c2-7(3,4)5-1-6/h6H,1H2,(H,2,3,4)/p-1. The van der Waals surface area contributed by atoms with Crippen molar-refractivity contribution in [3.63, 3.8) is 0 Å². The van der Waals surface area contributed by atoms with Gasteiger partial charge in [0.1, 0.15) is 5.94 Å². The maximum atomic E-state index is 9.40. The molecule has 0 rings (SSSR count). The summed E-state index contributed by atoms with van der Waals surface area (Å²) in [5, 5.41) is 0. The van der Waals surface area contributed by atoms with Crippen molar-refractivity contribution in [3.8, 4) is 0 Å². The lowest BCUT2D eigenvalue weighted by Crippen LogP contribution is -2.01. The first-order chi connectivity index (χ1) is 3.06. The highest BCUT2D eigenvalue weighted by molar-refractivity contribution is 7.83. The molecular weight excluding hydrogens is 140 g/mol. The Balaban J connectivity index is 3.60. The number of thiol groups is 1. The van der Waals surface area contributed by atoms with E-state index in [9.17, 15) is 13.0 Å². The van der Waals surface area contributed by atoms with Crippen LogP contribution in [0.3, 0.4) is 0 Å². The summed E-state index contributed by atoms with van der Waals surface area (Å²) < 4.78 is 31.7. The molecule has 44 valence electrons. The zero-order valence-electron chi connectivity index (χ0n) is 3.20. The molecule has 0 bridgehead atoms. The van der Waals surface area contributed by atoms with E-state index in [0.717, 1.165) is 0 Å². The average Bonchev–Trinajstić information content (AvgIpc) is 1.30. The summed E-state index contributed by atoms with van der Waals surface area (Å²) in [4.78, 5) is 0. The first-order valence-corrected chi connectivity index (χ1v) is 3.24. The Morgan fingerprint density at radius 2 is 2.14 bits per heavy atom. The maximum Gasteiger partial charge on any atom is 0.218 e. The molecular formula is CH3O4S2-. The minimum atomic E-state index is -4.50. The van der Waals surface area contributed by atoms with Gasteiger partial charge in [0, 0.05) is 0 Å². The molecule has 0 aliphatic carbocycles. The van der Waals surface area contributed by atoms with E-state index in [-0.39, 0.29) is 0 Å². The van der Waals surface area contributed by atoms with Gasteiger partial charge in [0.2, 0.25) is 10.4 Å². The minimum absolute atomic E-state index is 0.397. The van der Waals surface area contributed by atoms with Gasteiger partial charge in [-0.05, 0) is 0 Å². The van der Waals surface area contributed by atoms with E-state index in [0.29, 0.717) is 0 Å². The SMILES string of the molecule is O=S(=O)([O-])OCS. The highest BCUT2D eigenvalue weighted by Gasteiger charge is 1.85. The smallest absolute Gasteiger partial charge is 0.218 e. The summed E-state index contributed by atoms with van der Waals surface area (Å²) in [5.41, 5.74) is 0. The van der Waals surface area contributed by atoms with Crippen molar-refractivity contribution >= 4 is 23.0 Å². The number of hydrogen-bond acceptors (Lipinski definition) is 5. The summed E-state index contributed by atoms with van der Waals surface area (Å²) in [6, 6.07) is 0. The second kappa shape index (κ2) is 2.51. The predicted octanol–water partition coefficient (Wildman–Crippen LogP) is -0.649. The molecule has 0 fully saturated rings. The van der Waals surface area contributed by atoms with Crippen molar-refractivity contribution in [2.45, 2.75) is 0 Å². The molecule has 0 aliphatic heterocycles. The largest absolute Gasteiger partial charge is 0.725 e. The summed E-state index contributed by atoms with van der Waals surface area (Å²) in [6.07, 6.45) is 0. The van der Waals surface area contributed by atoms with Crippen LogP contribution in [0, 0.1) is 0 Å². The second-order valence-electron chi connectivity index (χ2n) is 0.655. The first-order valence-electron chi connectivity index (χ1n) is 1.27. The van der Waals surface area contributed by atoms with Crippen LogP contribution in [-0.4, -0.2) is 18.9 Å². The Hall–Kier alpha value is 0.220. The van der Waals surface area contributed by atoms with Crippen molar-refractivity contribution in [2.24, 2.45) is 0 Å². The van der Waals surface area contributed by atoms with E-state index in [4.69, 9.17) is 0 Å². The normalized spacial score (nSPS) is 11.7. The van der Waals surface area contributed by atoms with Gasteiger partial charge in [0.15, 0.2) is 0 Å². The predicted molar refractivity (Wildman–Crippen MR) is 24.6 cm³/mol. The van der Waals surface area contributed by atoms with Crippen LogP contribution < -0.4 is 0 Å². The molecule has 7 heavy (non-hydrogen) atoms. The van der Waals surface area contributed by atoms with E-state index < -0.39 is 16.3 Å². The van der Waals surface area contributed by atoms with E-state index in [1.807, 2.05) is 0 Å². The van der Waals surface area contributed by atoms with Crippen LogP contribution in [0.15, 0.2) is 0 Å². The zero-order chi connectivity index (χ0) is 5.91.